The van der Waals surface area contributed by atoms with Gasteiger partial charge in [0.2, 0.25) is 0 Å². The van der Waals surface area contributed by atoms with Gasteiger partial charge in [-0.3, -0.25) is 4.79 Å². The highest BCUT2D eigenvalue weighted by molar-refractivity contribution is 5.99. The molecule has 1 aliphatic heterocycles. The molecule has 10 heteroatoms. The summed E-state index contributed by atoms with van der Waals surface area (Å²) in [7, 11) is 0. The minimum Gasteiger partial charge on any atom is -0.387 e. The largest absolute Gasteiger partial charge is 0.387 e. The number of aliphatic imine (C=N–C) groups is 1. The first-order chi connectivity index (χ1) is 9.43. The Hall–Kier alpha value is -2.33. The Morgan fingerprint density at radius 3 is 2.85 bits per heavy atom. The third-order valence-electron chi connectivity index (χ3n) is 2.73. The second-order valence-electron chi connectivity index (χ2n) is 4.12. The van der Waals surface area contributed by atoms with Crippen LogP contribution in [-0.2, 0) is 9.53 Å². The molecule has 2 heterocycles. The number of ether oxygens (including phenoxy) is 1. The molecule has 1 saturated heterocycles. The number of hydrogen-bond acceptors (Lipinski definition) is 5. The van der Waals surface area contributed by atoms with Crippen molar-refractivity contribution in [3.8, 4) is 0 Å². The monoisotopic (exact) mass is 285 g/mol. The van der Waals surface area contributed by atoms with Gasteiger partial charge in [-0.15, -0.1) is 0 Å². The van der Waals surface area contributed by atoms with Crippen molar-refractivity contribution in [1.29, 1.82) is 0 Å². The fourth-order valence-electron chi connectivity index (χ4n) is 1.80. The van der Waals surface area contributed by atoms with E-state index >= 15 is 0 Å². The second kappa shape index (κ2) is 5.35. The van der Waals surface area contributed by atoms with Crippen LogP contribution in [0.1, 0.15) is 22.4 Å². The molecule has 0 aromatic carbocycles. The van der Waals surface area contributed by atoms with Gasteiger partial charge in [-0.25, -0.2) is 9.37 Å². The molecule has 4 atom stereocenters. The summed E-state index contributed by atoms with van der Waals surface area (Å²) >= 11 is 0. The van der Waals surface area contributed by atoms with Gasteiger partial charge in [-0.05, 0) is 0 Å². The number of carbonyl (C=O) groups is 2. The Bertz CT molecular complexity index is 556. The number of hydrogen-bond donors (Lipinski definition) is 4. The highest BCUT2D eigenvalue weighted by Crippen LogP contribution is 2.34. The average Bonchev–Trinajstić information content (AvgIpc) is 2.96. The van der Waals surface area contributed by atoms with Crippen molar-refractivity contribution in [2.24, 2.45) is 16.5 Å². The zero-order valence-electron chi connectivity index (χ0n) is 10.1. The summed E-state index contributed by atoms with van der Waals surface area (Å²) in [6.45, 7) is 0. The molecule has 1 unspecified atom stereocenters. The molecule has 0 saturated carbocycles. The fourth-order valence-corrected chi connectivity index (χ4v) is 1.80. The summed E-state index contributed by atoms with van der Waals surface area (Å²) in [6.07, 6.45) is -4.44. The van der Waals surface area contributed by atoms with Crippen molar-refractivity contribution in [1.82, 2.24) is 9.97 Å². The molecule has 0 radical (unpaired) electrons. The molecular weight excluding hydrogens is 273 g/mol. The first-order valence-corrected chi connectivity index (χ1v) is 5.55. The molecular formula is C10H12FN5O4. The summed E-state index contributed by atoms with van der Waals surface area (Å²) < 4.78 is 18.8. The van der Waals surface area contributed by atoms with Crippen LogP contribution in [-0.4, -0.2) is 51.6 Å². The molecule has 1 fully saturated rings. The Kier molecular flexibility index (Phi) is 3.77. The van der Waals surface area contributed by atoms with Crippen LogP contribution in [0.25, 0.3) is 0 Å². The molecule has 20 heavy (non-hydrogen) atoms. The van der Waals surface area contributed by atoms with Crippen LogP contribution in [0.5, 0.6) is 0 Å². The van der Waals surface area contributed by atoms with E-state index in [4.69, 9.17) is 16.2 Å². The number of halogens is 1. The van der Waals surface area contributed by atoms with Gasteiger partial charge < -0.3 is 31.1 Å². The Labute approximate surface area is 111 Å². The Morgan fingerprint density at radius 2 is 2.30 bits per heavy atom. The number of rotatable bonds is 3. The molecule has 1 aromatic rings. The fraction of sp³-hybridized carbons (Fsp3) is 0.400. The molecule has 0 bridgehead atoms. The van der Waals surface area contributed by atoms with E-state index in [-0.39, 0.29) is 11.5 Å². The maximum absolute atomic E-state index is 13.8. The third-order valence-corrected chi connectivity index (χ3v) is 2.73. The van der Waals surface area contributed by atoms with E-state index in [0.717, 1.165) is 6.20 Å². The lowest BCUT2D eigenvalue weighted by Gasteiger charge is -2.09. The topological polar surface area (TPSA) is 157 Å². The SMILES string of the molecule is NC(N)=NC(=O)c1ncc(C2O[C@H](C=O)[C@@H](O)[C@H]2F)[nH]1. The van der Waals surface area contributed by atoms with Crippen molar-refractivity contribution < 1.29 is 23.8 Å². The number of alkyl halides is 1. The Balaban J connectivity index is 2.19. The quantitative estimate of drug-likeness (QED) is 0.288. The molecule has 9 nitrogen and oxygen atoms in total. The number of H-pyrrole nitrogens is 1. The lowest BCUT2D eigenvalue weighted by atomic mass is 10.1. The van der Waals surface area contributed by atoms with Gasteiger partial charge >= 0.3 is 5.91 Å². The normalized spacial score (nSPS) is 29.1. The first-order valence-electron chi connectivity index (χ1n) is 5.55. The summed E-state index contributed by atoms with van der Waals surface area (Å²) in [5.41, 5.74) is 10.2. The van der Waals surface area contributed by atoms with Gasteiger partial charge in [0.25, 0.3) is 0 Å². The molecule has 2 rings (SSSR count). The number of aliphatic hydroxyl groups excluding tert-OH is 1. The standard InChI is InChI=1S/C10H12FN5O4/c11-5-6(18)4(2-17)20-7(5)3-1-14-8(15-3)9(19)16-10(12)13/h1-2,4-7,18H,(H,14,15)(H4,12,13,16,19)/t4-,5-,6-,7?/m1/s1. The smallest absolute Gasteiger partial charge is 0.315 e. The van der Waals surface area contributed by atoms with Crippen molar-refractivity contribution in [2.75, 3.05) is 0 Å². The summed E-state index contributed by atoms with van der Waals surface area (Å²) in [5, 5.41) is 9.44. The predicted octanol–water partition coefficient (Wildman–Crippen LogP) is -1.84. The molecule has 6 N–H and O–H groups in total. The maximum Gasteiger partial charge on any atom is 0.315 e. The summed E-state index contributed by atoms with van der Waals surface area (Å²) in [4.78, 5) is 31.5. The maximum atomic E-state index is 13.8. The molecule has 1 aromatic heterocycles. The van der Waals surface area contributed by atoms with E-state index in [1.165, 1.54) is 0 Å². The van der Waals surface area contributed by atoms with Crippen LogP contribution >= 0.6 is 0 Å². The summed E-state index contributed by atoms with van der Waals surface area (Å²) in [5.74, 6) is -1.49. The minimum atomic E-state index is -1.82. The van der Waals surface area contributed by atoms with Gasteiger partial charge in [0.15, 0.2) is 24.2 Å². The van der Waals surface area contributed by atoms with E-state index in [2.05, 4.69) is 15.0 Å². The molecule has 108 valence electrons. The van der Waals surface area contributed by atoms with Gasteiger partial charge in [0, 0.05) is 0 Å². The van der Waals surface area contributed by atoms with Crippen LogP contribution in [0.4, 0.5) is 4.39 Å². The number of imidazole rings is 1. The molecule has 1 aliphatic rings. The molecule has 1 amide bonds. The Morgan fingerprint density at radius 1 is 1.60 bits per heavy atom. The lowest BCUT2D eigenvalue weighted by molar-refractivity contribution is -0.120. The van der Waals surface area contributed by atoms with Crippen molar-refractivity contribution in [3.05, 3.63) is 17.7 Å². The third kappa shape index (κ3) is 2.51. The van der Waals surface area contributed by atoms with Crippen LogP contribution in [0.15, 0.2) is 11.2 Å². The van der Waals surface area contributed by atoms with Crippen LogP contribution in [0.2, 0.25) is 0 Å². The number of aromatic amines is 1. The molecule has 0 spiro atoms. The van der Waals surface area contributed by atoms with Gasteiger partial charge in [-0.1, -0.05) is 0 Å². The zero-order valence-corrected chi connectivity index (χ0v) is 10.1. The van der Waals surface area contributed by atoms with Crippen molar-refractivity contribution in [3.63, 3.8) is 0 Å². The zero-order chi connectivity index (χ0) is 14.9. The van der Waals surface area contributed by atoms with E-state index < -0.39 is 36.4 Å². The van der Waals surface area contributed by atoms with E-state index in [1.54, 1.807) is 0 Å². The van der Waals surface area contributed by atoms with Crippen molar-refractivity contribution >= 4 is 18.2 Å². The second-order valence-corrected chi connectivity index (χ2v) is 4.12. The lowest BCUT2D eigenvalue weighted by Crippen LogP contribution is -2.28. The number of aromatic nitrogens is 2. The van der Waals surface area contributed by atoms with Crippen LogP contribution in [0, 0.1) is 0 Å². The number of amides is 1. The van der Waals surface area contributed by atoms with Crippen molar-refractivity contribution in [2.45, 2.75) is 24.5 Å². The summed E-state index contributed by atoms with van der Waals surface area (Å²) in [6, 6.07) is 0. The number of aliphatic hydroxyl groups is 1. The number of carbonyl (C=O) groups excluding carboxylic acids is 2. The van der Waals surface area contributed by atoms with Crippen LogP contribution in [0.3, 0.4) is 0 Å². The first kappa shape index (κ1) is 14.1. The van der Waals surface area contributed by atoms with Gasteiger partial charge in [0.1, 0.15) is 18.3 Å². The number of nitrogens with zero attached hydrogens (tertiary/aromatic N) is 2. The van der Waals surface area contributed by atoms with Gasteiger partial charge in [0.05, 0.1) is 11.9 Å². The highest BCUT2D eigenvalue weighted by atomic mass is 19.1. The molecule has 0 aliphatic carbocycles. The number of nitrogens with two attached hydrogens (primary N) is 2. The van der Waals surface area contributed by atoms with E-state index in [9.17, 15) is 19.1 Å². The van der Waals surface area contributed by atoms with E-state index in [0.29, 0.717) is 6.29 Å². The highest BCUT2D eigenvalue weighted by Gasteiger charge is 2.45. The number of nitrogens with one attached hydrogen (secondary N) is 1. The average molecular weight is 285 g/mol. The predicted molar refractivity (Wildman–Crippen MR) is 63.3 cm³/mol. The minimum absolute atomic E-state index is 0.0926. The number of guanidine groups is 1. The number of aldehydes is 1. The van der Waals surface area contributed by atoms with E-state index in [1.807, 2.05) is 0 Å². The van der Waals surface area contributed by atoms with Gasteiger partial charge in [-0.2, -0.15) is 4.99 Å². The van der Waals surface area contributed by atoms with Crippen LogP contribution < -0.4 is 11.5 Å².